The summed E-state index contributed by atoms with van der Waals surface area (Å²) in [4.78, 5) is 25.2. The van der Waals surface area contributed by atoms with Crippen LogP contribution in [0.5, 0.6) is 0 Å². The fourth-order valence-corrected chi connectivity index (χ4v) is 2.49. The van der Waals surface area contributed by atoms with Crippen LogP contribution in [0.15, 0.2) is 33.5 Å². The average Bonchev–Trinajstić information content (AvgIpc) is 2.74. The smallest absolute Gasteiger partial charge is 0.408 e. The minimum Gasteiger partial charge on any atom is -0.408 e. The highest BCUT2D eigenvalue weighted by molar-refractivity contribution is 5.79. The molecule has 3 rings (SSSR count). The van der Waals surface area contributed by atoms with Crippen LogP contribution in [0.2, 0.25) is 0 Å². The first-order chi connectivity index (χ1) is 9.24. The Bertz CT molecular complexity index is 646. The van der Waals surface area contributed by atoms with Crippen molar-refractivity contribution in [2.45, 2.75) is 19.4 Å². The normalized spacial score (nSPS) is 17.2. The molecule has 0 amide bonds. The van der Waals surface area contributed by atoms with E-state index in [1.165, 1.54) is 0 Å². The minimum absolute atomic E-state index is 0.311. The highest BCUT2D eigenvalue weighted by Crippen LogP contribution is 2.12. The number of nitrogens with zero attached hydrogens (tertiary/aromatic N) is 2. The number of carbonyl (C=O) groups is 1. The zero-order valence-corrected chi connectivity index (χ0v) is 10.7. The molecule has 0 N–H and O–H groups in total. The molecule has 0 radical (unpaired) electrons. The van der Waals surface area contributed by atoms with Crippen molar-refractivity contribution in [3.8, 4) is 0 Å². The molecule has 0 spiro atoms. The number of rotatable bonds is 3. The van der Waals surface area contributed by atoms with Gasteiger partial charge in [0.1, 0.15) is 5.78 Å². The number of para-hydroxylation sites is 2. The van der Waals surface area contributed by atoms with E-state index < -0.39 is 0 Å². The van der Waals surface area contributed by atoms with Crippen LogP contribution in [-0.4, -0.2) is 34.9 Å². The summed E-state index contributed by atoms with van der Waals surface area (Å²) >= 11 is 0. The molecule has 1 saturated heterocycles. The van der Waals surface area contributed by atoms with Crippen LogP contribution in [0.4, 0.5) is 0 Å². The largest absolute Gasteiger partial charge is 0.419 e. The fraction of sp³-hybridized carbons (Fsp3) is 0.429. The van der Waals surface area contributed by atoms with Gasteiger partial charge in [0.15, 0.2) is 5.58 Å². The first kappa shape index (κ1) is 12.2. The third kappa shape index (κ3) is 2.46. The Morgan fingerprint density at radius 2 is 1.79 bits per heavy atom. The summed E-state index contributed by atoms with van der Waals surface area (Å²) in [5, 5.41) is 0. The molecule has 0 atom stereocenters. The number of ketones is 1. The molecule has 5 heteroatoms. The standard InChI is InChI=1S/C14H16N2O3/c17-11-5-7-15(8-6-11)9-10-16-12-3-1-2-4-13(12)19-14(16)18/h1-4H,5-10H2. The van der Waals surface area contributed by atoms with E-state index in [-0.39, 0.29) is 5.76 Å². The lowest BCUT2D eigenvalue weighted by molar-refractivity contribution is -0.121. The number of oxazole rings is 1. The molecule has 2 aromatic rings. The van der Waals surface area contributed by atoms with Gasteiger partial charge in [0.05, 0.1) is 5.52 Å². The summed E-state index contributed by atoms with van der Waals surface area (Å²) in [5.41, 5.74) is 1.46. The molecule has 1 aromatic heterocycles. The lowest BCUT2D eigenvalue weighted by atomic mass is 10.1. The topological polar surface area (TPSA) is 55.5 Å². The Labute approximate surface area is 110 Å². The van der Waals surface area contributed by atoms with Crippen LogP contribution in [-0.2, 0) is 11.3 Å². The molecule has 1 fully saturated rings. The van der Waals surface area contributed by atoms with Crippen LogP contribution >= 0.6 is 0 Å². The zero-order chi connectivity index (χ0) is 13.2. The Hall–Kier alpha value is -1.88. The molecule has 19 heavy (non-hydrogen) atoms. The van der Waals surface area contributed by atoms with Crippen LogP contribution in [0.3, 0.4) is 0 Å². The van der Waals surface area contributed by atoms with Crippen molar-refractivity contribution in [1.29, 1.82) is 0 Å². The van der Waals surface area contributed by atoms with Gasteiger partial charge >= 0.3 is 5.76 Å². The number of aromatic nitrogens is 1. The van der Waals surface area contributed by atoms with Gasteiger partial charge in [-0.1, -0.05) is 12.1 Å². The molecule has 0 aliphatic carbocycles. The molecule has 5 nitrogen and oxygen atoms in total. The van der Waals surface area contributed by atoms with Crippen molar-refractivity contribution in [3.63, 3.8) is 0 Å². The van der Waals surface area contributed by atoms with Gasteiger partial charge in [-0.2, -0.15) is 0 Å². The van der Waals surface area contributed by atoms with Crippen molar-refractivity contribution in [3.05, 3.63) is 34.8 Å². The number of fused-ring (bicyclic) bond motifs is 1. The highest BCUT2D eigenvalue weighted by Gasteiger charge is 2.16. The summed E-state index contributed by atoms with van der Waals surface area (Å²) in [7, 11) is 0. The van der Waals surface area contributed by atoms with Gasteiger partial charge in [0.2, 0.25) is 0 Å². The molecule has 0 saturated carbocycles. The second kappa shape index (κ2) is 5.01. The van der Waals surface area contributed by atoms with Crippen LogP contribution in [0, 0.1) is 0 Å². The van der Waals surface area contributed by atoms with E-state index >= 15 is 0 Å². The first-order valence-corrected chi connectivity index (χ1v) is 6.56. The SMILES string of the molecule is O=C1CCN(CCn2c(=O)oc3ccccc32)CC1. The maximum Gasteiger partial charge on any atom is 0.419 e. The van der Waals surface area contributed by atoms with Crippen LogP contribution < -0.4 is 5.76 Å². The molecular formula is C14H16N2O3. The molecule has 2 heterocycles. The zero-order valence-electron chi connectivity index (χ0n) is 10.7. The quantitative estimate of drug-likeness (QED) is 0.833. The third-order valence-corrected chi connectivity index (χ3v) is 3.63. The summed E-state index contributed by atoms with van der Waals surface area (Å²) in [6.07, 6.45) is 1.25. The first-order valence-electron chi connectivity index (χ1n) is 6.56. The van der Waals surface area contributed by atoms with Crippen LogP contribution in [0.1, 0.15) is 12.8 Å². The second-order valence-electron chi connectivity index (χ2n) is 4.87. The summed E-state index contributed by atoms with van der Waals surface area (Å²) in [6, 6.07) is 7.44. The van der Waals surface area contributed by atoms with Gasteiger partial charge in [0.25, 0.3) is 0 Å². The third-order valence-electron chi connectivity index (χ3n) is 3.63. The van der Waals surface area contributed by atoms with E-state index in [0.717, 1.165) is 25.2 Å². The van der Waals surface area contributed by atoms with Gasteiger partial charge in [-0.05, 0) is 12.1 Å². The lowest BCUT2D eigenvalue weighted by Crippen LogP contribution is -2.36. The number of likely N-dealkylation sites (tertiary alicyclic amines) is 1. The van der Waals surface area contributed by atoms with Gasteiger partial charge in [-0.25, -0.2) is 4.79 Å². The van der Waals surface area contributed by atoms with Crippen molar-refractivity contribution < 1.29 is 9.21 Å². The molecule has 0 bridgehead atoms. The van der Waals surface area contributed by atoms with Crippen LogP contribution in [0.25, 0.3) is 11.1 Å². The molecule has 1 aliphatic rings. The lowest BCUT2D eigenvalue weighted by Gasteiger charge is -2.25. The average molecular weight is 260 g/mol. The summed E-state index contributed by atoms with van der Waals surface area (Å²) in [5.74, 6) is 0.0245. The Kier molecular flexibility index (Phi) is 3.21. The Morgan fingerprint density at radius 3 is 2.58 bits per heavy atom. The van der Waals surface area contributed by atoms with Gasteiger partial charge < -0.3 is 9.32 Å². The van der Waals surface area contributed by atoms with Crippen molar-refractivity contribution >= 4 is 16.9 Å². The molecule has 1 aliphatic heterocycles. The number of piperidine rings is 1. The van der Waals surface area contributed by atoms with Crippen molar-refractivity contribution in [2.75, 3.05) is 19.6 Å². The number of carbonyl (C=O) groups excluding carboxylic acids is 1. The van der Waals surface area contributed by atoms with Crippen molar-refractivity contribution in [1.82, 2.24) is 9.47 Å². The van der Waals surface area contributed by atoms with E-state index in [4.69, 9.17) is 4.42 Å². The Balaban J connectivity index is 1.73. The predicted molar refractivity (Wildman–Crippen MR) is 71.2 cm³/mol. The summed E-state index contributed by atoms with van der Waals surface area (Å²) < 4.78 is 6.85. The fourth-order valence-electron chi connectivity index (χ4n) is 2.49. The van der Waals surface area contributed by atoms with E-state index in [0.29, 0.717) is 30.8 Å². The minimum atomic E-state index is -0.311. The molecular weight excluding hydrogens is 244 g/mol. The van der Waals surface area contributed by atoms with Gasteiger partial charge in [-0.15, -0.1) is 0 Å². The van der Waals surface area contributed by atoms with Gasteiger partial charge in [-0.3, -0.25) is 9.36 Å². The van der Waals surface area contributed by atoms with E-state index in [2.05, 4.69) is 4.90 Å². The van der Waals surface area contributed by atoms with E-state index in [9.17, 15) is 9.59 Å². The molecule has 1 aromatic carbocycles. The van der Waals surface area contributed by atoms with Crippen molar-refractivity contribution in [2.24, 2.45) is 0 Å². The second-order valence-corrected chi connectivity index (χ2v) is 4.87. The number of hydrogen-bond donors (Lipinski definition) is 0. The van der Waals surface area contributed by atoms with E-state index in [1.54, 1.807) is 10.6 Å². The monoisotopic (exact) mass is 260 g/mol. The summed E-state index contributed by atoms with van der Waals surface area (Å²) in [6.45, 7) is 2.97. The molecule has 0 unspecified atom stereocenters. The maximum atomic E-state index is 11.8. The van der Waals surface area contributed by atoms with Gasteiger partial charge in [0, 0.05) is 39.0 Å². The number of Topliss-reactive ketones (excluding diaryl/α,β-unsaturated/α-hetero) is 1. The number of benzene rings is 1. The maximum absolute atomic E-state index is 11.8. The Morgan fingerprint density at radius 1 is 1.05 bits per heavy atom. The van der Waals surface area contributed by atoms with E-state index in [1.807, 2.05) is 18.2 Å². The highest BCUT2D eigenvalue weighted by atomic mass is 16.4. The molecule has 100 valence electrons. The predicted octanol–water partition coefficient (Wildman–Crippen LogP) is 1.26. The number of hydrogen-bond acceptors (Lipinski definition) is 4.